The van der Waals surface area contributed by atoms with E-state index in [1.165, 1.54) is 0 Å². The Labute approximate surface area is 65.3 Å². The first kappa shape index (κ1) is 7.37. The fraction of sp³-hybridized carbons (Fsp3) is 0.250. The molecule has 3 heteroatoms. The molecule has 0 aliphatic heterocycles. The largest absolute Gasteiger partial charge is 0.260 e. The maximum absolute atomic E-state index is 8.19. The van der Waals surface area contributed by atoms with Gasteiger partial charge in [-0.1, -0.05) is 5.92 Å². The third kappa shape index (κ3) is 1.84. The number of aromatic nitrogens is 2. The summed E-state index contributed by atoms with van der Waals surface area (Å²) in [6, 6.07) is 3.76. The SMILES string of the molecule is Cn1nccc1C#CCC#N. The number of hydrogen-bond donors (Lipinski definition) is 0. The maximum atomic E-state index is 8.19. The molecular weight excluding hydrogens is 138 g/mol. The van der Waals surface area contributed by atoms with Gasteiger partial charge in [-0.05, 0) is 12.0 Å². The molecule has 0 spiro atoms. The van der Waals surface area contributed by atoms with Crippen LogP contribution in [0.2, 0.25) is 0 Å². The zero-order chi connectivity index (χ0) is 8.10. The molecule has 1 aromatic rings. The highest BCUT2D eigenvalue weighted by Gasteiger charge is 1.89. The highest BCUT2D eigenvalue weighted by atomic mass is 15.2. The van der Waals surface area contributed by atoms with Crippen molar-refractivity contribution in [1.82, 2.24) is 9.78 Å². The van der Waals surface area contributed by atoms with Crippen LogP contribution < -0.4 is 0 Å². The summed E-state index contributed by atoms with van der Waals surface area (Å²) in [5, 5.41) is 12.1. The summed E-state index contributed by atoms with van der Waals surface area (Å²) in [5.74, 6) is 5.53. The number of hydrogen-bond acceptors (Lipinski definition) is 2. The Bertz CT molecular complexity index is 332. The molecule has 3 nitrogen and oxygen atoms in total. The van der Waals surface area contributed by atoms with Crippen molar-refractivity contribution in [3.63, 3.8) is 0 Å². The van der Waals surface area contributed by atoms with Crippen molar-refractivity contribution in [3.8, 4) is 17.9 Å². The minimum Gasteiger partial charge on any atom is -0.260 e. The van der Waals surface area contributed by atoms with E-state index in [-0.39, 0.29) is 6.42 Å². The van der Waals surface area contributed by atoms with Gasteiger partial charge in [0.15, 0.2) is 0 Å². The summed E-state index contributed by atoms with van der Waals surface area (Å²) in [5.41, 5.74) is 0.834. The average molecular weight is 145 g/mol. The first-order valence-corrected chi connectivity index (χ1v) is 3.18. The van der Waals surface area contributed by atoms with Crippen LogP contribution in [0.3, 0.4) is 0 Å². The monoisotopic (exact) mass is 145 g/mol. The first-order chi connectivity index (χ1) is 5.34. The van der Waals surface area contributed by atoms with Gasteiger partial charge in [0, 0.05) is 7.05 Å². The van der Waals surface area contributed by atoms with Crippen LogP contribution >= 0.6 is 0 Å². The lowest BCUT2D eigenvalue weighted by molar-refractivity contribution is 0.757. The fourth-order valence-electron chi connectivity index (χ4n) is 0.671. The topological polar surface area (TPSA) is 41.6 Å². The van der Waals surface area contributed by atoms with E-state index in [2.05, 4.69) is 16.9 Å². The molecule has 0 bridgehead atoms. The van der Waals surface area contributed by atoms with Gasteiger partial charge in [-0.3, -0.25) is 4.68 Å². The van der Waals surface area contributed by atoms with Crippen molar-refractivity contribution >= 4 is 0 Å². The lowest BCUT2D eigenvalue weighted by Gasteiger charge is -1.87. The molecule has 1 heterocycles. The third-order valence-electron chi connectivity index (χ3n) is 1.20. The van der Waals surface area contributed by atoms with E-state index in [4.69, 9.17) is 5.26 Å². The first-order valence-electron chi connectivity index (χ1n) is 3.18. The van der Waals surface area contributed by atoms with Crippen LogP contribution in [0.5, 0.6) is 0 Å². The van der Waals surface area contributed by atoms with Crippen LogP contribution in [0.25, 0.3) is 0 Å². The molecular formula is C8H7N3. The summed E-state index contributed by atoms with van der Waals surface area (Å²) in [6.45, 7) is 0. The minimum absolute atomic E-state index is 0.269. The molecule has 0 aliphatic rings. The zero-order valence-corrected chi connectivity index (χ0v) is 6.20. The second-order valence-corrected chi connectivity index (χ2v) is 1.98. The molecule has 0 amide bonds. The standard InChI is InChI=1S/C8H7N3/c1-11-8(5-7-10-11)4-2-3-6-9/h5,7H,3H2,1H3. The number of nitriles is 1. The van der Waals surface area contributed by atoms with Crippen molar-refractivity contribution in [2.75, 3.05) is 0 Å². The van der Waals surface area contributed by atoms with E-state index in [9.17, 15) is 0 Å². The molecule has 54 valence electrons. The van der Waals surface area contributed by atoms with Crippen LogP contribution in [0.4, 0.5) is 0 Å². The maximum Gasteiger partial charge on any atom is 0.110 e. The molecule has 0 saturated carbocycles. The van der Waals surface area contributed by atoms with Gasteiger partial charge in [0.25, 0.3) is 0 Å². The number of rotatable bonds is 0. The van der Waals surface area contributed by atoms with Gasteiger partial charge < -0.3 is 0 Å². The van der Waals surface area contributed by atoms with Crippen molar-refractivity contribution < 1.29 is 0 Å². The van der Waals surface area contributed by atoms with Crippen molar-refractivity contribution in [1.29, 1.82) is 5.26 Å². The van der Waals surface area contributed by atoms with Gasteiger partial charge in [0.2, 0.25) is 0 Å². The summed E-state index contributed by atoms with van der Waals surface area (Å²) in [4.78, 5) is 0. The zero-order valence-electron chi connectivity index (χ0n) is 6.20. The lowest BCUT2D eigenvalue weighted by Crippen LogP contribution is -1.92. The van der Waals surface area contributed by atoms with Crippen LogP contribution in [0, 0.1) is 23.2 Å². The molecule has 1 rings (SSSR count). The summed E-state index contributed by atoms with van der Waals surface area (Å²) < 4.78 is 1.67. The van der Waals surface area contributed by atoms with Gasteiger partial charge in [-0.15, -0.1) is 0 Å². The molecule has 0 atom stereocenters. The lowest BCUT2D eigenvalue weighted by atomic mass is 10.4. The Morgan fingerprint density at radius 3 is 3.09 bits per heavy atom. The quantitative estimate of drug-likeness (QED) is 0.504. The second kappa shape index (κ2) is 3.43. The summed E-state index contributed by atoms with van der Waals surface area (Å²) in [7, 11) is 1.82. The Kier molecular flexibility index (Phi) is 2.30. The van der Waals surface area contributed by atoms with Crippen molar-refractivity contribution in [2.24, 2.45) is 7.05 Å². The molecule has 0 aromatic carbocycles. The van der Waals surface area contributed by atoms with Crippen LogP contribution in [0.1, 0.15) is 12.1 Å². The highest BCUT2D eigenvalue weighted by Crippen LogP contribution is 1.91. The second-order valence-electron chi connectivity index (χ2n) is 1.98. The van der Waals surface area contributed by atoms with Gasteiger partial charge in [-0.2, -0.15) is 10.4 Å². The van der Waals surface area contributed by atoms with E-state index in [0.29, 0.717) is 0 Å². The molecule has 0 aliphatic carbocycles. The number of aryl methyl sites for hydroxylation is 1. The summed E-state index contributed by atoms with van der Waals surface area (Å²) in [6.07, 6.45) is 1.95. The highest BCUT2D eigenvalue weighted by molar-refractivity contribution is 5.27. The molecule has 0 fully saturated rings. The Hall–Kier alpha value is -1.74. The van der Waals surface area contributed by atoms with E-state index >= 15 is 0 Å². The Balaban J connectivity index is 2.75. The molecule has 0 saturated heterocycles. The molecule has 11 heavy (non-hydrogen) atoms. The minimum atomic E-state index is 0.269. The van der Waals surface area contributed by atoms with Crippen LogP contribution in [0.15, 0.2) is 12.3 Å². The van der Waals surface area contributed by atoms with Crippen molar-refractivity contribution in [2.45, 2.75) is 6.42 Å². The van der Waals surface area contributed by atoms with Crippen LogP contribution in [-0.4, -0.2) is 9.78 Å². The summed E-state index contributed by atoms with van der Waals surface area (Å²) >= 11 is 0. The van der Waals surface area contributed by atoms with E-state index in [1.807, 2.05) is 19.2 Å². The van der Waals surface area contributed by atoms with Gasteiger partial charge in [0.05, 0.1) is 18.7 Å². The average Bonchev–Trinajstić information content (AvgIpc) is 2.37. The number of nitrogens with zero attached hydrogens (tertiary/aromatic N) is 3. The van der Waals surface area contributed by atoms with E-state index in [1.54, 1.807) is 10.9 Å². The Morgan fingerprint density at radius 2 is 2.55 bits per heavy atom. The van der Waals surface area contributed by atoms with Gasteiger partial charge in [-0.25, -0.2) is 0 Å². The molecule has 0 unspecified atom stereocenters. The van der Waals surface area contributed by atoms with Crippen molar-refractivity contribution in [3.05, 3.63) is 18.0 Å². The molecule has 1 aromatic heterocycles. The molecule has 0 radical (unpaired) electrons. The van der Waals surface area contributed by atoms with Gasteiger partial charge in [0.1, 0.15) is 5.69 Å². The normalized spacial score (nSPS) is 8.00. The molecule has 0 N–H and O–H groups in total. The fourth-order valence-corrected chi connectivity index (χ4v) is 0.671. The Morgan fingerprint density at radius 1 is 1.73 bits per heavy atom. The van der Waals surface area contributed by atoms with Gasteiger partial charge >= 0.3 is 0 Å². The van der Waals surface area contributed by atoms with Crippen LogP contribution in [-0.2, 0) is 7.05 Å². The van der Waals surface area contributed by atoms with E-state index < -0.39 is 0 Å². The smallest absolute Gasteiger partial charge is 0.110 e. The predicted octanol–water partition coefficient (Wildman–Crippen LogP) is 0.685. The van der Waals surface area contributed by atoms with E-state index in [0.717, 1.165) is 5.69 Å². The third-order valence-corrected chi connectivity index (χ3v) is 1.20. The predicted molar refractivity (Wildman–Crippen MR) is 40.3 cm³/mol.